The van der Waals surface area contributed by atoms with Gasteiger partial charge in [0, 0.05) is 6.54 Å². The fourth-order valence-electron chi connectivity index (χ4n) is 3.61. The van der Waals surface area contributed by atoms with Crippen molar-refractivity contribution in [1.82, 2.24) is 19.9 Å². The second-order valence-corrected chi connectivity index (χ2v) is 6.47. The van der Waals surface area contributed by atoms with Gasteiger partial charge in [0.1, 0.15) is 5.82 Å². The summed E-state index contributed by atoms with van der Waals surface area (Å²) < 4.78 is 13.2. The molecule has 2 fully saturated rings. The molecule has 1 saturated heterocycles. The molecular weight excluding hydrogens is 295 g/mol. The SMILES string of the molecule is O=C(N1CCCC1Cn1nccn1)C1(c2ccc(F)cc2)CC1. The van der Waals surface area contributed by atoms with Crippen molar-refractivity contribution in [3.8, 4) is 0 Å². The molecule has 23 heavy (non-hydrogen) atoms. The summed E-state index contributed by atoms with van der Waals surface area (Å²) in [6, 6.07) is 6.53. The molecule has 5 nitrogen and oxygen atoms in total. The van der Waals surface area contributed by atoms with Crippen molar-refractivity contribution >= 4 is 5.91 Å². The zero-order valence-corrected chi connectivity index (χ0v) is 12.9. The first kappa shape index (κ1) is 14.4. The molecule has 2 aromatic rings. The molecule has 1 aromatic heterocycles. The first-order valence-electron chi connectivity index (χ1n) is 8.10. The molecule has 1 aliphatic heterocycles. The number of benzene rings is 1. The van der Waals surface area contributed by atoms with E-state index in [1.54, 1.807) is 29.3 Å². The van der Waals surface area contributed by atoms with Crippen LogP contribution in [-0.4, -0.2) is 38.4 Å². The van der Waals surface area contributed by atoms with Crippen molar-refractivity contribution in [3.63, 3.8) is 0 Å². The third kappa shape index (κ3) is 2.52. The summed E-state index contributed by atoms with van der Waals surface area (Å²) in [5, 5.41) is 8.29. The number of halogens is 1. The number of hydrogen-bond acceptors (Lipinski definition) is 3. The molecule has 1 aliphatic carbocycles. The number of nitrogens with zero attached hydrogens (tertiary/aromatic N) is 4. The van der Waals surface area contributed by atoms with Gasteiger partial charge in [0.05, 0.1) is 30.4 Å². The molecule has 0 N–H and O–H groups in total. The molecule has 1 aromatic carbocycles. The largest absolute Gasteiger partial charge is 0.337 e. The van der Waals surface area contributed by atoms with Gasteiger partial charge >= 0.3 is 0 Å². The van der Waals surface area contributed by atoms with Gasteiger partial charge in [-0.3, -0.25) is 4.79 Å². The Labute approximate surface area is 134 Å². The number of likely N-dealkylation sites (tertiary alicyclic amines) is 1. The maximum Gasteiger partial charge on any atom is 0.233 e. The summed E-state index contributed by atoms with van der Waals surface area (Å²) in [7, 11) is 0. The monoisotopic (exact) mass is 314 g/mol. The van der Waals surface area contributed by atoms with Crippen molar-refractivity contribution in [2.24, 2.45) is 0 Å². The third-order valence-electron chi connectivity index (χ3n) is 5.03. The van der Waals surface area contributed by atoms with Gasteiger partial charge in [-0.05, 0) is 43.4 Å². The highest BCUT2D eigenvalue weighted by atomic mass is 19.1. The van der Waals surface area contributed by atoms with Crippen LogP contribution in [0, 0.1) is 5.82 Å². The lowest BCUT2D eigenvalue weighted by atomic mass is 9.94. The second kappa shape index (κ2) is 5.44. The summed E-state index contributed by atoms with van der Waals surface area (Å²) in [6.07, 6.45) is 7.00. The van der Waals surface area contributed by atoms with Crippen molar-refractivity contribution in [3.05, 3.63) is 48.0 Å². The van der Waals surface area contributed by atoms with E-state index in [0.29, 0.717) is 6.54 Å². The van der Waals surface area contributed by atoms with E-state index in [1.165, 1.54) is 12.1 Å². The molecule has 4 rings (SSSR count). The van der Waals surface area contributed by atoms with Crippen LogP contribution < -0.4 is 0 Å². The molecule has 2 aliphatic rings. The quantitative estimate of drug-likeness (QED) is 0.869. The number of aromatic nitrogens is 3. The minimum atomic E-state index is -0.437. The average Bonchev–Trinajstić information content (AvgIpc) is 2.98. The van der Waals surface area contributed by atoms with E-state index >= 15 is 0 Å². The predicted octanol–water partition coefficient (Wildman–Crippen LogP) is 2.14. The van der Waals surface area contributed by atoms with Crippen LogP contribution in [-0.2, 0) is 16.8 Å². The van der Waals surface area contributed by atoms with Crippen LogP contribution in [0.1, 0.15) is 31.2 Å². The highest BCUT2D eigenvalue weighted by molar-refractivity contribution is 5.91. The Morgan fingerprint density at radius 1 is 1.22 bits per heavy atom. The zero-order chi connectivity index (χ0) is 15.9. The van der Waals surface area contributed by atoms with E-state index in [4.69, 9.17) is 0 Å². The Kier molecular flexibility index (Phi) is 3.39. The number of carbonyl (C=O) groups excluding carboxylic acids is 1. The molecule has 0 radical (unpaired) electrons. The van der Waals surface area contributed by atoms with Crippen molar-refractivity contribution in [2.45, 2.75) is 43.7 Å². The molecule has 0 bridgehead atoms. The summed E-state index contributed by atoms with van der Waals surface area (Å²) in [6.45, 7) is 1.42. The van der Waals surface area contributed by atoms with Gasteiger partial charge in [-0.15, -0.1) is 0 Å². The third-order valence-corrected chi connectivity index (χ3v) is 5.03. The Hall–Kier alpha value is -2.24. The van der Waals surface area contributed by atoms with E-state index in [1.807, 2.05) is 4.90 Å². The first-order valence-corrected chi connectivity index (χ1v) is 8.10. The standard InChI is InChI=1S/C17H19FN4O/c18-14-5-3-13(4-6-14)17(7-8-17)16(23)21-11-1-2-15(21)12-22-19-9-10-20-22/h3-6,9-10,15H,1-2,7-8,11-12H2. The van der Waals surface area contributed by atoms with Crippen molar-refractivity contribution < 1.29 is 9.18 Å². The molecule has 6 heteroatoms. The Morgan fingerprint density at radius 2 is 1.91 bits per heavy atom. The highest BCUT2D eigenvalue weighted by Gasteiger charge is 2.54. The Bertz CT molecular complexity index is 694. The van der Waals surface area contributed by atoms with Crippen LogP contribution in [0.4, 0.5) is 4.39 Å². The normalized spacial score (nSPS) is 22.3. The van der Waals surface area contributed by atoms with Crippen LogP contribution in [0.5, 0.6) is 0 Å². The lowest BCUT2D eigenvalue weighted by Gasteiger charge is -2.29. The lowest BCUT2D eigenvalue weighted by Crippen LogP contribution is -2.44. The summed E-state index contributed by atoms with van der Waals surface area (Å²) in [4.78, 5) is 16.8. The van der Waals surface area contributed by atoms with Crippen LogP contribution in [0.2, 0.25) is 0 Å². The summed E-state index contributed by atoms with van der Waals surface area (Å²) in [5.41, 5.74) is 0.500. The van der Waals surface area contributed by atoms with E-state index in [-0.39, 0.29) is 17.8 Å². The maximum absolute atomic E-state index is 13.2. The van der Waals surface area contributed by atoms with Gasteiger partial charge in [0.2, 0.25) is 5.91 Å². The Balaban J connectivity index is 1.54. The van der Waals surface area contributed by atoms with Gasteiger partial charge in [-0.1, -0.05) is 12.1 Å². The topological polar surface area (TPSA) is 51.0 Å². The van der Waals surface area contributed by atoms with Crippen molar-refractivity contribution in [2.75, 3.05) is 6.54 Å². The molecule has 1 unspecified atom stereocenters. The highest BCUT2D eigenvalue weighted by Crippen LogP contribution is 2.50. The van der Waals surface area contributed by atoms with Crippen molar-refractivity contribution in [1.29, 1.82) is 0 Å². The zero-order valence-electron chi connectivity index (χ0n) is 12.9. The minimum Gasteiger partial charge on any atom is -0.337 e. The van der Waals surface area contributed by atoms with Crippen LogP contribution in [0.3, 0.4) is 0 Å². The second-order valence-electron chi connectivity index (χ2n) is 6.47. The molecule has 1 amide bonds. The fraction of sp³-hybridized carbons (Fsp3) is 0.471. The van der Waals surface area contributed by atoms with Gasteiger partial charge in [0.25, 0.3) is 0 Å². The van der Waals surface area contributed by atoms with Gasteiger partial charge in [-0.25, -0.2) is 4.39 Å². The van der Waals surface area contributed by atoms with Gasteiger partial charge < -0.3 is 4.90 Å². The first-order chi connectivity index (χ1) is 11.2. The Morgan fingerprint density at radius 3 is 2.57 bits per heavy atom. The van der Waals surface area contributed by atoms with E-state index in [2.05, 4.69) is 10.2 Å². The smallest absolute Gasteiger partial charge is 0.233 e. The summed E-state index contributed by atoms with van der Waals surface area (Å²) in [5.74, 6) is -0.0837. The molecular formula is C17H19FN4O. The number of rotatable bonds is 4. The average molecular weight is 314 g/mol. The van der Waals surface area contributed by atoms with E-state index in [0.717, 1.165) is 37.8 Å². The van der Waals surface area contributed by atoms with Gasteiger partial charge in [-0.2, -0.15) is 15.0 Å². The lowest BCUT2D eigenvalue weighted by molar-refractivity contribution is -0.135. The molecule has 1 saturated carbocycles. The fourth-order valence-corrected chi connectivity index (χ4v) is 3.61. The molecule has 0 spiro atoms. The van der Waals surface area contributed by atoms with E-state index < -0.39 is 5.41 Å². The van der Waals surface area contributed by atoms with Gasteiger partial charge in [0.15, 0.2) is 0 Å². The predicted molar refractivity (Wildman–Crippen MR) is 82.1 cm³/mol. The van der Waals surface area contributed by atoms with Crippen LogP contribution in [0.25, 0.3) is 0 Å². The molecule has 120 valence electrons. The maximum atomic E-state index is 13.2. The van der Waals surface area contributed by atoms with Crippen LogP contribution in [0.15, 0.2) is 36.7 Å². The minimum absolute atomic E-state index is 0.146. The number of hydrogen-bond donors (Lipinski definition) is 0. The molecule has 2 heterocycles. The summed E-state index contributed by atoms with van der Waals surface area (Å²) >= 11 is 0. The van der Waals surface area contributed by atoms with Crippen LogP contribution >= 0.6 is 0 Å². The van der Waals surface area contributed by atoms with E-state index in [9.17, 15) is 9.18 Å². The number of carbonyl (C=O) groups is 1. The number of amides is 1. The molecule has 1 atom stereocenters.